The summed E-state index contributed by atoms with van der Waals surface area (Å²) in [6.45, 7) is 3.34. The minimum absolute atomic E-state index is 0.00389. The van der Waals surface area contributed by atoms with Crippen LogP contribution in [0.3, 0.4) is 0 Å². The molecule has 0 saturated carbocycles. The van der Waals surface area contributed by atoms with Gasteiger partial charge in [0.15, 0.2) is 5.96 Å². The maximum atomic E-state index is 12.9. The minimum atomic E-state index is -0.813. The van der Waals surface area contributed by atoms with E-state index >= 15 is 0 Å². The third-order valence-corrected chi connectivity index (χ3v) is 4.68. The van der Waals surface area contributed by atoms with Gasteiger partial charge in [-0.15, -0.1) is 0 Å². The lowest BCUT2D eigenvalue weighted by Gasteiger charge is -2.26. The molecule has 7 nitrogen and oxygen atoms in total. The van der Waals surface area contributed by atoms with Crippen molar-refractivity contribution in [1.82, 2.24) is 10.6 Å². The predicted octanol–water partition coefficient (Wildman–Crippen LogP) is 2.25. The molecule has 4 N–H and O–H groups in total. The fourth-order valence-electron chi connectivity index (χ4n) is 3.22. The molecule has 2 aromatic carbocycles. The summed E-state index contributed by atoms with van der Waals surface area (Å²) in [6.07, 6.45) is -0.413. The normalized spacial score (nSPS) is 17.0. The Labute approximate surface area is 175 Å². The summed E-state index contributed by atoms with van der Waals surface area (Å²) in [6, 6.07) is 13.4. The first-order valence-corrected chi connectivity index (χ1v) is 10.0. The molecule has 3 rings (SSSR count). The van der Waals surface area contributed by atoms with E-state index in [9.17, 15) is 14.3 Å². The van der Waals surface area contributed by atoms with Gasteiger partial charge in [0.05, 0.1) is 6.54 Å². The number of ether oxygens (including phenoxy) is 1. The van der Waals surface area contributed by atoms with Gasteiger partial charge in [-0.05, 0) is 42.8 Å². The number of guanidine groups is 1. The molecule has 1 heterocycles. The number of hydrogen-bond acceptors (Lipinski definition) is 4. The number of anilines is 1. The smallest absolute Gasteiger partial charge is 0.225 e. The number of fused-ring (bicyclic) bond motifs is 1. The molecule has 8 heteroatoms. The van der Waals surface area contributed by atoms with E-state index < -0.39 is 6.10 Å². The number of carbonyl (C=O) groups is 1. The molecule has 1 amide bonds. The molecule has 0 radical (unpaired) electrons. The Morgan fingerprint density at radius 2 is 2.03 bits per heavy atom. The van der Waals surface area contributed by atoms with E-state index in [-0.39, 0.29) is 30.8 Å². The number of carbonyl (C=O) groups excluding carboxylic acids is 1. The van der Waals surface area contributed by atoms with Crippen LogP contribution >= 0.6 is 0 Å². The lowest BCUT2D eigenvalue weighted by molar-refractivity contribution is -0.116. The number of nitrogens with one attached hydrogen (secondary N) is 3. The highest BCUT2D eigenvalue weighted by molar-refractivity contribution is 5.94. The number of aliphatic hydroxyl groups excluding tert-OH is 1. The van der Waals surface area contributed by atoms with E-state index in [1.165, 1.54) is 24.3 Å². The first-order chi connectivity index (χ1) is 14.5. The van der Waals surface area contributed by atoms with Crippen LogP contribution in [0.25, 0.3) is 0 Å². The summed E-state index contributed by atoms with van der Waals surface area (Å²) in [4.78, 5) is 16.4. The van der Waals surface area contributed by atoms with Gasteiger partial charge in [0.2, 0.25) is 5.91 Å². The first-order valence-electron chi connectivity index (χ1n) is 10.0. The monoisotopic (exact) mass is 414 g/mol. The van der Waals surface area contributed by atoms with Crippen LogP contribution in [0.5, 0.6) is 5.75 Å². The fraction of sp³-hybridized carbons (Fsp3) is 0.364. The predicted molar refractivity (Wildman–Crippen MR) is 114 cm³/mol. The van der Waals surface area contributed by atoms with Crippen molar-refractivity contribution in [1.29, 1.82) is 0 Å². The van der Waals surface area contributed by atoms with E-state index in [2.05, 4.69) is 20.9 Å². The average Bonchev–Trinajstić information content (AvgIpc) is 2.75. The zero-order chi connectivity index (χ0) is 21.3. The number of benzene rings is 2. The number of halogens is 1. The van der Waals surface area contributed by atoms with Crippen molar-refractivity contribution in [2.45, 2.75) is 25.4 Å². The van der Waals surface area contributed by atoms with Gasteiger partial charge in [-0.3, -0.25) is 9.79 Å². The van der Waals surface area contributed by atoms with Gasteiger partial charge < -0.3 is 25.8 Å². The van der Waals surface area contributed by atoms with Crippen molar-refractivity contribution in [3.05, 3.63) is 59.9 Å². The zero-order valence-electron chi connectivity index (χ0n) is 16.9. The summed E-state index contributed by atoms with van der Waals surface area (Å²) in [5.41, 5.74) is 1.93. The van der Waals surface area contributed by atoms with Gasteiger partial charge in [0, 0.05) is 31.1 Å². The second-order valence-corrected chi connectivity index (χ2v) is 7.06. The fourth-order valence-corrected chi connectivity index (χ4v) is 3.22. The Morgan fingerprint density at radius 3 is 2.80 bits per heavy atom. The Bertz CT molecular complexity index is 873. The number of aliphatic imine (C=N–C) groups is 1. The summed E-state index contributed by atoms with van der Waals surface area (Å²) >= 11 is 0. The second-order valence-electron chi connectivity index (χ2n) is 7.06. The standard InChI is InChI=1S/C22H27FN4O3/c1-2-24-22(26-13-17(28)14-30-18-9-7-16(23)8-10-18)25-12-15-11-21(29)27-20-6-4-3-5-19(15)20/h3-10,15,17,28H,2,11-14H2,1H3,(H,27,29)(H2,24,25,26). The molecule has 1 aliphatic heterocycles. The van der Waals surface area contributed by atoms with Crippen LogP contribution in [-0.2, 0) is 4.79 Å². The van der Waals surface area contributed by atoms with Crippen molar-refractivity contribution in [2.24, 2.45) is 4.99 Å². The van der Waals surface area contributed by atoms with Crippen LogP contribution in [-0.4, -0.2) is 49.3 Å². The van der Waals surface area contributed by atoms with Crippen molar-refractivity contribution >= 4 is 17.6 Å². The average molecular weight is 414 g/mol. The van der Waals surface area contributed by atoms with Gasteiger partial charge in [-0.1, -0.05) is 18.2 Å². The lowest BCUT2D eigenvalue weighted by atomic mass is 9.90. The van der Waals surface area contributed by atoms with Crippen LogP contribution in [0.2, 0.25) is 0 Å². The summed E-state index contributed by atoms with van der Waals surface area (Å²) < 4.78 is 18.4. The van der Waals surface area contributed by atoms with Gasteiger partial charge in [0.25, 0.3) is 0 Å². The number of hydrogen-bond donors (Lipinski definition) is 4. The highest BCUT2D eigenvalue weighted by atomic mass is 19.1. The molecule has 0 bridgehead atoms. The van der Waals surface area contributed by atoms with Gasteiger partial charge >= 0.3 is 0 Å². The molecule has 0 saturated heterocycles. The Balaban J connectivity index is 1.53. The number of nitrogens with zero attached hydrogens (tertiary/aromatic N) is 1. The number of rotatable bonds is 8. The number of amides is 1. The Kier molecular flexibility index (Phi) is 7.62. The third-order valence-electron chi connectivity index (χ3n) is 4.68. The SMILES string of the molecule is CCNC(=NCC(O)COc1ccc(F)cc1)NCC1CC(=O)Nc2ccccc21. The lowest BCUT2D eigenvalue weighted by Crippen LogP contribution is -2.41. The maximum Gasteiger partial charge on any atom is 0.225 e. The number of aliphatic hydroxyl groups is 1. The highest BCUT2D eigenvalue weighted by Gasteiger charge is 2.24. The molecule has 2 aromatic rings. The topological polar surface area (TPSA) is 95.0 Å². The van der Waals surface area contributed by atoms with Gasteiger partial charge in [-0.2, -0.15) is 0 Å². The van der Waals surface area contributed by atoms with E-state index in [4.69, 9.17) is 4.74 Å². The Hall–Kier alpha value is -3.13. The van der Waals surface area contributed by atoms with E-state index in [1.807, 2.05) is 31.2 Å². The van der Waals surface area contributed by atoms with Crippen molar-refractivity contribution < 1.29 is 19.0 Å². The first kappa shape index (κ1) is 21.6. The molecule has 0 fully saturated rings. The van der Waals surface area contributed by atoms with E-state index in [1.54, 1.807) is 0 Å². The van der Waals surface area contributed by atoms with Crippen LogP contribution in [0.15, 0.2) is 53.5 Å². The molecule has 0 spiro atoms. The van der Waals surface area contributed by atoms with Gasteiger partial charge in [-0.25, -0.2) is 4.39 Å². The molecule has 1 aliphatic rings. The summed E-state index contributed by atoms with van der Waals surface area (Å²) in [7, 11) is 0. The quantitative estimate of drug-likeness (QED) is 0.393. The van der Waals surface area contributed by atoms with Gasteiger partial charge in [0.1, 0.15) is 24.3 Å². The third kappa shape index (κ3) is 6.18. The second kappa shape index (κ2) is 10.6. The van der Waals surface area contributed by atoms with E-state index in [0.717, 1.165) is 11.3 Å². The Morgan fingerprint density at radius 1 is 1.27 bits per heavy atom. The molecule has 0 aliphatic carbocycles. The minimum Gasteiger partial charge on any atom is -0.491 e. The maximum absolute atomic E-state index is 12.9. The molecule has 0 aromatic heterocycles. The van der Waals surface area contributed by atoms with Crippen molar-refractivity contribution in [2.75, 3.05) is 31.6 Å². The van der Waals surface area contributed by atoms with E-state index in [0.29, 0.717) is 31.2 Å². The van der Waals surface area contributed by atoms with Crippen molar-refractivity contribution in [3.63, 3.8) is 0 Å². The molecule has 160 valence electrons. The molecular weight excluding hydrogens is 387 g/mol. The molecule has 2 atom stereocenters. The molecular formula is C22H27FN4O3. The molecule has 2 unspecified atom stereocenters. The van der Waals surface area contributed by atoms with Crippen LogP contribution in [0, 0.1) is 5.82 Å². The zero-order valence-corrected chi connectivity index (χ0v) is 16.9. The van der Waals surface area contributed by atoms with Crippen LogP contribution in [0.1, 0.15) is 24.8 Å². The number of para-hydroxylation sites is 1. The van der Waals surface area contributed by atoms with Crippen LogP contribution < -0.4 is 20.7 Å². The van der Waals surface area contributed by atoms with Crippen molar-refractivity contribution in [3.8, 4) is 5.75 Å². The largest absolute Gasteiger partial charge is 0.491 e. The summed E-state index contributed by atoms with van der Waals surface area (Å²) in [5, 5.41) is 19.4. The molecule has 30 heavy (non-hydrogen) atoms. The summed E-state index contributed by atoms with van der Waals surface area (Å²) in [5.74, 6) is 0.730. The van der Waals surface area contributed by atoms with Crippen LogP contribution in [0.4, 0.5) is 10.1 Å². The highest BCUT2D eigenvalue weighted by Crippen LogP contribution is 2.31.